The van der Waals surface area contributed by atoms with E-state index >= 15 is 0 Å². The Morgan fingerprint density at radius 3 is 2.71 bits per heavy atom. The Morgan fingerprint density at radius 2 is 2.00 bits per heavy atom. The molecule has 14 heavy (non-hydrogen) atoms. The zero-order valence-electron chi connectivity index (χ0n) is 8.45. The Labute approximate surface area is 83.7 Å². The van der Waals surface area contributed by atoms with E-state index in [0.717, 1.165) is 17.0 Å². The third-order valence-corrected chi connectivity index (χ3v) is 2.48. The van der Waals surface area contributed by atoms with Crippen LogP contribution in [0.25, 0.3) is 0 Å². The molecule has 0 fully saturated rings. The highest BCUT2D eigenvalue weighted by atomic mass is 16.1. The van der Waals surface area contributed by atoms with Crippen LogP contribution < -0.4 is 0 Å². The fourth-order valence-corrected chi connectivity index (χ4v) is 1.59. The first-order chi connectivity index (χ1) is 6.68. The van der Waals surface area contributed by atoms with Crippen LogP contribution in [0.4, 0.5) is 5.69 Å². The fraction of sp³-hybridized carbons (Fsp3) is 0.333. The van der Waals surface area contributed by atoms with Crippen molar-refractivity contribution in [3.8, 4) is 0 Å². The molecule has 0 aliphatic carbocycles. The molecule has 1 aliphatic rings. The third kappa shape index (κ3) is 1.48. The maximum absolute atomic E-state index is 11.7. The molecule has 0 radical (unpaired) electrons. The third-order valence-electron chi connectivity index (χ3n) is 2.48. The first-order valence-corrected chi connectivity index (χ1v) is 4.88. The van der Waals surface area contributed by atoms with Crippen LogP contribution in [0.2, 0.25) is 0 Å². The molecular weight excluding hydrogens is 174 g/mol. The van der Waals surface area contributed by atoms with Crippen LogP contribution in [0.5, 0.6) is 0 Å². The summed E-state index contributed by atoms with van der Waals surface area (Å²) < 4.78 is 0. The molecule has 0 unspecified atom stereocenters. The van der Waals surface area contributed by atoms with Gasteiger partial charge in [-0.2, -0.15) is 0 Å². The van der Waals surface area contributed by atoms with E-state index in [1.807, 2.05) is 24.3 Å². The van der Waals surface area contributed by atoms with Crippen molar-refractivity contribution in [3.63, 3.8) is 0 Å². The smallest absolute Gasteiger partial charge is 0.170 e. The number of hydrogen-bond donors (Lipinski definition) is 0. The monoisotopic (exact) mass is 187 g/mol. The second kappa shape index (κ2) is 3.37. The zero-order chi connectivity index (χ0) is 10.1. The number of hydrogen-bond acceptors (Lipinski definition) is 2. The lowest BCUT2D eigenvalue weighted by Gasteiger charge is -2.16. The number of Topliss-reactive ketones (excluding diaryl/α,β-unsaturated/α-hetero) is 1. The van der Waals surface area contributed by atoms with Gasteiger partial charge in [-0.05, 0) is 18.1 Å². The fourth-order valence-electron chi connectivity index (χ4n) is 1.59. The van der Waals surface area contributed by atoms with Gasteiger partial charge >= 0.3 is 0 Å². The normalized spacial score (nSPS) is 15.4. The number of fused-ring (bicyclic) bond motifs is 1. The molecular formula is C12H13NO. The second-order valence-corrected chi connectivity index (χ2v) is 3.87. The van der Waals surface area contributed by atoms with E-state index in [2.05, 4.69) is 18.8 Å². The molecule has 1 aliphatic heterocycles. The highest BCUT2D eigenvalue weighted by molar-refractivity contribution is 6.16. The molecule has 2 rings (SSSR count). The van der Waals surface area contributed by atoms with Crippen molar-refractivity contribution < 1.29 is 4.79 Å². The molecule has 0 atom stereocenters. The van der Waals surface area contributed by atoms with Gasteiger partial charge in [0.15, 0.2) is 5.78 Å². The predicted molar refractivity (Wildman–Crippen MR) is 57.3 cm³/mol. The van der Waals surface area contributed by atoms with Crippen LogP contribution in [0, 0.1) is 5.92 Å². The Balaban J connectivity index is 2.50. The molecule has 0 amide bonds. The SMILES string of the molecule is CC(C)C1=Nc2ccccc2C(=O)C1. The summed E-state index contributed by atoms with van der Waals surface area (Å²) in [4.78, 5) is 16.2. The highest BCUT2D eigenvalue weighted by Gasteiger charge is 2.20. The number of benzene rings is 1. The maximum Gasteiger partial charge on any atom is 0.170 e. The average Bonchev–Trinajstić information content (AvgIpc) is 2.17. The summed E-state index contributed by atoms with van der Waals surface area (Å²) in [6.45, 7) is 4.14. The van der Waals surface area contributed by atoms with Crippen LogP contribution in [-0.2, 0) is 0 Å². The molecule has 0 bridgehead atoms. The topological polar surface area (TPSA) is 29.4 Å². The molecule has 0 spiro atoms. The van der Waals surface area contributed by atoms with E-state index in [1.54, 1.807) is 0 Å². The van der Waals surface area contributed by atoms with Gasteiger partial charge in [0.1, 0.15) is 0 Å². The van der Waals surface area contributed by atoms with Crippen LogP contribution in [0.3, 0.4) is 0 Å². The van der Waals surface area contributed by atoms with E-state index in [0.29, 0.717) is 12.3 Å². The van der Waals surface area contributed by atoms with Crippen molar-refractivity contribution in [2.45, 2.75) is 20.3 Å². The molecule has 0 N–H and O–H groups in total. The van der Waals surface area contributed by atoms with Gasteiger partial charge in [0.25, 0.3) is 0 Å². The lowest BCUT2D eigenvalue weighted by atomic mass is 9.95. The predicted octanol–water partition coefficient (Wildman–Crippen LogP) is 3.00. The van der Waals surface area contributed by atoms with Gasteiger partial charge in [-0.3, -0.25) is 9.79 Å². The molecule has 1 aromatic rings. The van der Waals surface area contributed by atoms with Crippen LogP contribution in [-0.4, -0.2) is 11.5 Å². The number of para-hydroxylation sites is 1. The molecule has 0 aromatic heterocycles. The van der Waals surface area contributed by atoms with E-state index in [9.17, 15) is 4.79 Å². The van der Waals surface area contributed by atoms with E-state index in [1.165, 1.54) is 0 Å². The van der Waals surface area contributed by atoms with Gasteiger partial charge < -0.3 is 0 Å². The van der Waals surface area contributed by atoms with Crippen molar-refractivity contribution in [3.05, 3.63) is 29.8 Å². The minimum Gasteiger partial charge on any atom is -0.294 e. The summed E-state index contributed by atoms with van der Waals surface area (Å²) in [5, 5.41) is 0. The van der Waals surface area contributed by atoms with E-state index in [4.69, 9.17) is 0 Å². The van der Waals surface area contributed by atoms with Gasteiger partial charge in [-0.1, -0.05) is 26.0 Å². The Kier molecular flexibility index (Phi) is 2.20. The van der Waals surface area contributed by atoms with Crippen molar-refractivity contribution in [1.29, 1.82) is 0 Å². The van der Waals surface area contributed by atoms with Gasteiger partial charge in [-0.15, -0.1) is 0 Å². The molecule has 0 saturated carbocycles. The van der Waals surface area contributed by atoms with Gasteiger partial charge in [-0.25, -0.2) is 0 Å². The summed E-state index contributed by atoms with van der Waals surface area (Å²) in [7, 11) is 0. The minimum atomic E-state index is 0.194. The summed E-state index contributed by atoms with van der Waals surface area (Å²) >= 11 is 0. The molecule has 2 nitrogen and oxygen atoms in total. The number of aliphatic imine (C=N–C) groups is 1. The number of nitrogens with zero attached hydrogens (tertiary/aromatic N) is 1. The lowest BCUT2D eigenvalue weighted by molar-refractivity contribution is 0.0998. The van der Waals surface area contributed by atoms with E-state index in [-0.39, 0.29) is 5.78 Å². The van der Waals surface area contributed by atoms with Crippen molar-refractivity contribution in [2.75, 3.05) is 0 Å². The van der Waals surface area contributed by atoms with Gasteiger partial charge in [0.2, 0.25) is 0 Å². The number of ketones is 1. The lowest BCUT2D eigenvalue weighted by Crippen LogP contribution is -2.17. The average molecular weight is 187 g/mol. The van der Waals surface area contributed by atoms with Crippen molar-refractivity contribution >= 4 is 17.2 Å². The molecule has 1 heterocycles. The van der Waals surface area contributed by atoms with Gasteiger partial charge in [0.05, 0.1) is 5.69 Å². The molecule has 72 valence electrons. The summed E-state index contributed by atoms with van der Waals surface area (Å²) in [5.41, 5.74) is 2.58. The Hall–Kier alpha value is -1.44. The summed E-state index contributed by atoms with van der Waals surface area (Å²) in [6, 6.07) is 7.54. The van der Waals surface area contributed by atoms with Crippen molar-refractivity contribution in [2.24, 2.45) is 10.9 Å². The maximum atomic E-state index is 11.7. The van der Waals surface area contributed by atoms with Crippen LogP contribution in [0.15, 0.2) is 29.3 Å². The van der Waals surface area contributed by atoms with E-state index < -0.39 is 0 Å². The molecule has 1 aromatic carbocycles. The second-order valence-electron chi connectivity index (χ2n) is 3.87. The summed E-state index contributed by atoms with van der Waals surface area (Å²) in [6.07, 6.45) is 0.481. The quantitative estimate of drug-likeness (QED) is 0.664. The number of carbonyl (C=O) groups is 1. The van der Waals surface area contributed by atoms with Crippen LogP contribution >= 0.6 is 0 Å². The first kappa shape index (κ1) is 9.13. The number of carbonyl (C=O) groups excluding carboxylic acids is 1. The summed E-state index contributed by atoms with van der Waals surface area (Å²) in [5.74, 6) is 0.548. The molecule has 0 saturated heterocycles. The zero-order valence-corrected chi connectivity index (χ0v) is 8.45. The van der Waals surface area contributed by atoms with Crippen LogP contribution in [0.1, 0.15) is 30.6 Å². The number of rotatable bonds is 1. The minimum absolute atomic E-state index is 0.194. The Bertz CT molecular complexity index is 405. The largest absolute Gasteiger partial charge is 0.294 e. The molecule has 2 heteroatoms. The Morgan fingerprint density at radius 1 is 1.29 bits per heavy atom. The first-order valence-electron chi connectivity index (χ1n) is 4.88. The highest BCUT2D eigenvalue weighted by Crippen LogP contribution is 2.27. The standard InChI is InChI=1S/C12H13NO/c1-8(2)11-7-12(14)9-5-3-4-6-10(9)13-11/h3-6,8H,7H2,1-2H3. The van der Waals surface area contributed by atoms with Crippen molar-refractivity contribution in [1.82, 2.24) is 0 Å². The van der Waals surface area contributed by atoms with Gasteiger partial charge in [0, 0.05) is 17.7 Å².